The molecule has 1 unspecified atom stereocenters. The molecule has 2 aromatic rings. The second kappa shape index (κ2) is 4.96. The molecule has 5 nitrogen and oxygen atoms in total. The Hall–Kier alpha value is -1.37. The summed E-state index contributed by atoms with van der Waals surface area (Å²) in [6.45, 7) is 2.72. The highest BCUT2D eigenvalue weighted by Gasteiger charge is 2.19. The van der Waals surface area contributed by atoms with Gasteiger partial charge in [-0.15, -0.1) is 0 Å². The fraction of sp³-hybridized carbons (Fsp3) is 0.462. The number of nitrogens with one attached hydrogen (secondary N) is 1. The summed E-state index contributed by atoms with van der Waals surface area (Å²) in [6.07, 6.45) is 0.0261. The lowest BCUT2D eigenvalue weighted by Crippen LogP contribution is -2.54. The van der Waals surface area contributed by atoms with Crippen LogP contribution in [-0.2, 0) is 0 Å². The molecule has 0 radical (unpaired) electrons. The zero-order valence-corrected chi connectivity index (χ0v) is 12.7. The number of benzene rings is 1. The fourth-order valence-electron chi connectivity index (χ4n) is 1.68. The smallest absolute Gasteiger partial charge is 0.184 e. The van der Waals surface area contributed by atoms with Crippen molar-refractivity contribution in [3.05, 3.63) is 17.7 Å². The summed E-state index contributed by atoms with van der Waals surface area (Å²) in [5, 5.41) is 4.21. The monoisotopic (exact) mass is 280 g/mol. The summed E-state index contributed by atoms with van der Waals surface area (Å²) in [5.41, 5.74) is 14.9. The van der Waals surface area contributed by atoms with Gasteiger partial charge in [0.05, 0.1) is 37.9 Å². The molecule has 5 N–H and O–H groups in total. The normalized spacial score (nSPS) is 13.7. The number of aromatic nitrogens is 1. The third kappa shape index (κ3) is 2.97. The first kappa shape index (κ1) is 14.0. The molecule has 1 aromatic heterocycles. The Labute approximate surface area is 117 Å². The molecule has 2 rings (SSSR count). The summed E-state index contributed by atoms with van der Waals surface area (Å²) in [6, 6.07) is 3.86. The highest BCUT2D eigenvalue weighted by atomic mass is 32.1. The van der Waals surface area contributed by atoms with Crippen LogP contribution in [0.4, 0.5) is 10.8 Å². The van der Waals surface area contributed by atoms with Crippen LogP contribution in [-0.4, -0.2) is 43.3 Å². The van der Waals surface area contributed by atoms with Gasteiger partial charge in [0.25, 0.3) is 0 Å². The van der Waals surface area contributed by atoms with Crippen molar-refractivity contribution < 1.29 is 4.48 Å². The molecule has 1 atom stereocenters. The van der Waals surface area contributed by atoms with Gasteiger partial charge >= 0.3 is 0 Å². The van der Waals surface area contributed by atoms with Gasteiger partial charge in [-0.3, -0.25) is 5.73 Å². The van der Waals surface area contributed by atoms with Gasteiger partial charge in [0, 0.05) is 5.69 Å². The number of thiazole rings is 1. The lowest BCUT2D eigenvalue weighted by Gasteiger charge is -2.31. The topological polar surface area (TPSA) is 77.0 Å². The number of nitrogens with zero attached hydrogens (tertiary/aromatic N) is 2. The largest absolute Gasteiger partial charge is 0.398 e. The molecule has 104 valence electrons. The lowest BCUT2D eigenvalue weighted by molar-refractivity contribution is -0.893. The zero-order chi connectivity index (χ0) is 14.2. The number of aryl methyl sites for hydroxylation is 1. The van der Waals surface area contributed by atoms with Gasteiger partial charge in [0.1, 0.15) is 0 Å². The van der Waals surface area contributed by atoms with Crippen molar-refractivity contribution in [1.82, 2.24) is 4.98 Å². The van der Waals surface area contributed by atoms with Crippen LogP contribution < -0.4 is 16.8 Å². The second-order valence-corrected chi connectivity index (χ2v) is 6.71. The predicted molar refractivity (Wildman–Crippen MR) is 83.3 cm³/mol. The van der Waals surface area contributed by atoms with Crippen molar-refractivity contribution in [2.45, 2.75) is 13.1 Å². The third-order valence-corrected chi connectivity index (χ3v) is 4.45. The van der Waals surface area contributed by atoms with Gasteiger partial charge in [-0.05, 0) is 24.6 Å². The van der Waals surface area contributed by atoms with E-state index in [1.807, 2.05) is 19.1 Å². The number of quaternary nitrogens is 1. The van der Waals surface area contributed by atoms with Gasteiger partial charge < -0.3 is 15.5 Å². The van der Waals surface area contributed by atoms with E-state index in [0.29, 0.717) is 11.0 Å². The molecule has 0 aliphatic heterocycles. The maximum absolute atomic E-state index is 6.11. The maximum Gasteiger partial charge on any atom is 0.184 e. The van der Waals surface area contributed by atoms with Crippen molar-refractivity contribution in [3.8, 4) is 0 Å². The van der Waals surface area contributed by atoms with Crippen LogP contribution >= 0.6 is 11.3 Å². The quantitative estimate of drug-likeness (QED) is 0.451. The number of rotatable bonds is 4. The number of hydrogen-bond acceptors (Lipinski definition) is 5. The molecule has 0 saturated heterocycles. The summed E-state index contributed by atoms with van der Waals surface area (Å²) in [7, 11) is 6.24. The lowest BCUT2D eigenvalue weighted by atomic mass is 10.2. The number of nitrogens with two attached hydrogens (primary N) is 2. The Balaban J connectivity index is 2.17. The van der Waals surface area contributed by atoms with Crippen molar-refractivity contribution in [2.24, 2.45) is 5.73 Å². The molecule has 19 heavy (non-hydrogen) atoms. The maximum atomic E-state index is 6.11. The minimum atomic E-state index is 0.0261. The average molecular weight is 280 g/mol. The highest BCUT2D eigenvalue weighted by molar-refractivity contribution is 7.22. The SMILES string of the molecule is Cc1c(N)ccc2nc(NCC(N)[N+](C)(C)C)sc12. The van der Waals surface area contributed by atoms with E-state index < -0.39 is 0 Å². The van der Waals surface area contributed by atoms with E-state index in [4.69, 9.17) is 11.5 Å². The summed E-state index contributed by atoms with van der Waals surface area (Å²) >= 11 is 1.63. The summed E-state index contributed by atoms with van der Waals surface area (Å²) < 4.78 is 1.85. The molecule has 1 heterocycles. The number of likely N-dealkylation sites (N-methyl/N-ethyl adjacent to an activating group) is 1. The number of anilines is 2. The number of fused-ring (bicyclic) bond motifs is 1. The Morgan fingerprint density at radius 1 is 1.37 bits per heavy atom. The second-order valence-electron chi connectivity index (χ2n) is 5.71. The number of hydrogen-bond donors (Lipinski definition) is 3. The van der Waals surface area contributed by atoms with Gasteiger partial charge in [-0.2, -0.15) is 0 Å². The van der Waals surface area contributed by atoms with E-state index in [9.17, 15) is 0 Å². The zero-order valence-electron chi connectivity index (χ0n) is 11.9. The molecule has 0 amide bonds. The molecule has 6 heteroatoms. The first-order valence-electron chi connectivity index (χ1n) is 6.25. The molecule has 0 aliphatic rings. The molecule has 0 spiro atoms. The van der Waals surface area contributed by atoms with Crippen molar-refractivity contribution in [3.63, 3.8) is 0 Å². The first-order chi connectivity index (χ1) is 8.79. The summed E-state index contributed by atoms with van der Waals surface area (Å²) in [4.78, 5) is 4.56. The molecular weight excluding hydrogens is 258 g/mol. The van der Waals surface area contributed by atoms with E-state index in [1.54, 1.807) is 11.3 Å². The van der Waals surface area contributed by atoms with Gasteiger partial charge in [-0.1, -0.05) is 11.3 Å². The molecule has 1 aromatic carbocycles. The van der Waals surface area contributed by atoms with Gasteiger partial charge in [-0.25, -0.2) is 4.98 Å². The van der Waals surface area contributed by atoms with Crippen LogP contribution in [0.3, 0.4) is 0 Å². The van der Waals surface area contributed by atoms with Crippen molar-refractivity contribution in [1.29, 1.82) is 0 Å². The molecule has 0 aliphatic carbocycles. The van der Waals surface area contributed by atoms with Gasteiger partial charge in [0.2, 0.25) is 0 Å². The standard InChI is InChI=1S/C13H22N5S/c1-8-9(14)5-6-10-12(8)19-13(17-10)16-7-11(15)18(2,3)4/h5-6,11H,7,14-15H2,1-4H3,(H,16,17)/q+1. The molecule has 0 fully saturated rings. The van der Waals surface area contributed by atoms with Gasteiger partial charge in [0.15, 0.2) is 11.3 Å². The van der Waals surface area contributed by atoms with Crippen LogP contribution in [0.5, 0.6) is 0 Å². The Morgan fingerprint density at radius 3 is 2.68 bits per heavy atom. The van der Waals surface area contributed by atoms with E-state index in [2.05, 4.69) is 31.4 Å². The van der Waals surface area contributed by atoms with E-state index >= 15 is 0 Å². The Morgan fingerprint density at radius 2 is 2.05 bits per heavy atom. The highest BCUT2D eigenvalue weighted by Crippen LogP contribution is 2.31. The van der Waals surface area contributed by atoms with Crippen LogP contribution in [0.15, 0.2) is 12.1 Å². The molecular formula is C13H22N5S+. The average Bonchev–Trinajstić information content (AvgIpc) is 2.73. The Kier molecular flexibility index (Phi) is 3.66. The van der Waals surface area contributed by atoms with E-state index in [1.165, 1.54) is 0 Å². The van der Waals surface area contributed by atoms with Crippen LogP contribution in [0.2, 0.25) is 0 Å². The number of nitrogen functional groups attached to an aromatic ring is 1. The van der Waals surface area contributed by atoms with Crippen molar-refractivity contribution in [2.75, 3.05) is 38.7 Å². The van der Waals surface area contributed by atoms with Crippen LogP contribution in [0.25, 0.3) is 10.2 Å². The minimum absolute atomic E-state index is 0.0261. The molecule has 0 bridgehead atoms. The fourth-order valence-corrected chi connectivity index (χ4v) is 2.66. The van der Waals surface area contributed by atoms with E-state index in [0.717, 1.165) is 26.6 Å². The first-order valence-corrected chi connectivity index (χ1v) is 7.07. The third-order valence-electron chi connectivity index (χ3n) is 3.31. The summed E-state index contributed by atoms with van der Waals surface area (Å²) in [5.74, 6) is 0. The molecule has 0 saturated carbocycles. The van der Waals surface area contributed by atoms with Crippen LogP contribution in [0, 0.1) is 6.92 Å². The minimum Gasteiger partial charge on any atom is -0.398 e. The van der Waals surface area contributed by atoms with Crippen LogP contribution in [0.1, 0.15) is 5.56 Å². The predicted octanol–water partition coefficient (Wildman–Crippen LogP) is 1.59. The van der Waals surface area contributed by atoms with Crippen molar-refractivity contribution >= 4 is 32.4 Å². The van der Waals surface area contributed by atoms with E-state index in [-0.39, 0.29) is 6.17 Å². The Bertz CT molecular complexity index is 584.